The monoisotopic (exact) mass is 504 g/mol. The van der Waals surface area contributed by atoms with Gasteiger partial charge in [-0.3, -0.25) is 4.79 Å². The second-order valence-electron chi connectivity index (χ2n) is 7.43. The van der Waals surface area contributed by atoms with Crippen molar-refractivity contribution in [2.24, 2.45) is 0 Å². The van der Waals surface area contributed by atoms with Gasteiger partial charge in [0.25, 0.3) is 0 Å². The molecule has 0 amide bonds. The van der Waals surface area contributed by atoms with Crippen molar-refractivity contribution >= 4 is 36.8 Å². The summed E-state index contributed by atoms with van der Waals surface area (Å²) in [6.45, 7) is 0. The second-order valence-corrected chi connectivity index (χ2v) is 8.83. The fourth-order valence-electron chi connectivity index (χ4n) is 3.88. The molecule has 0 aromatic heterocycles. The molecule has 4 aromatic rings. The summed E-state index contributed by atoms with van der Waals surface area (Å²) in [7, 11) is 0.560. The number of benzene rings is 4. The molecule has 162 valence electrons. The number of hydrogen-bond donors (Lipinski definition) is 1. The Balaban J connectivity index is 0.00000289. The van der Waals surface area contributed by atoms with Crippen LogP contribution in [0.1, 0.15) is 12.8 Å². The van der Waals surface area contributed by atoms with Crippen LogP contribution in [0.2, 0.25) is 0 Å². The Morgan fingerprint density at radius 2 is 1.16 bits per heavy atom. The molecule has 32 heavy (non-hydrogen) atoms. The summed E-state index contributed by atoms with van der Waals surface area (Å²) in [4.78, 5) is 10.9. The Labute approximate surface area is 201 Å². The fourth-order valence-corrected chi connectivity index (χ4v) is 5.15. The third-order valence-corrected chi connectivity index (χ3v) is 6.70. The number of carbonyl (C=O) groups is 1. The van der Waals surface area contributed by atoms with Gasteiger partial charge in [0.05, 0.1) is 0 Å². The van der Waals surface area contributed by atoms with Crippen LogP contribution < -0.4 is 5.30 Å². The summed E-state index contributed by atoms with van der Waals surface area (Å²) in [6.07, 6.45) is 1.80. The topological polar surface area (TPSA) is 37.3 Å². The molecule has 2 nitrogen and oxygen atoms in total. The number of hydrogen-bond acceptors (Lipinski definition) is 1. The van der Waals surface area contributed by atoms with Gasteiger partial charge in [-0.1, -0.05) is 112 Å². The highest BCUT2D eigenvalue weighted by Gasteiger charge is 2.17. The normalized spacial score (nSPS) is 10.8. The van der Waals surface area contributed by atoms with Gasteiger partial charge in [-0.05, 0) is 51.3 Å². The molecule has 0 heterocycles. The van der Waals surface area contributed by atoms with E-state index in [4.69, 9.17) is 5.11 Å². The van der Waals surface area contributed by atoms with Crippen LogP contribution >= 0.6 is 25.6 Å². The van der Waals surface area contributed by atoms with Crippen molar-refractivity contribution in [1.29, 1.82) is 0 Å². The molecule has 4 heteroatoms. The SMILES string of the molecule is Br.O=C(O)CCCPc1ccc(-c2ccccc2)c(-c2ccccc2)c1-c1ccccc1. The minimum atomic E-state index is -0.725. The van der Waals surface area contributed by atoms with Crippen molar-refractivity contribution in [2.45, 2.75) is 12.8 Å². The zero-order chi connectivity index (χ0) is 21.5. The van der Waals surface area contributed by atoms with E-state index in [-0.39, 0.29) is 23.4 Å². The first-order chi connectivity index (χ1) is 15.2. The smallest absolute Gasteiger partial charge is 0.303 e. The van der Waals surface area contributed by atoms with Crippen molar-refractivity contribution < 1.29 is 9.90 Å². The van der Waals surface area contributed by atoms with Crippen LogP contribution in [0.3, 0.4) is 0 Å². The average molecular weight is 505 g/mol. The highest BCUT2D eigenvalue weighted by atomic mass is 79.9. The van der Waals surface area contributed by atoms with E-state index in [2.05, 4.69) is 84.9 Å². The van der Waals surface area contributed by atoms with E-state index in [1.165, 1.54) is 38.7 Å². The Morgan fingerprint density at radius 1 is 0.656 bits per heavy atom. The second kappa shape index (κ2) is 11.8. The van der Waals surface area contributed by atoms with Crippen LogP contribution in [0, 0.1) is 0 Å². The Kier molecular flexibility index (Phi) is 8.79. The van der Waals surface area contributed by atoms with Gasteiger partial charge in [0, 0.05) is 6.42 Å². The Hall–Kier alpha value is -2.74. The molecule has 0 radical (unpaired) electrons. The van der Waals surface area contributed by atoms with Crippen molar-refractivity contribution in [3.05, 3.63) is 103 Å². The van der Waals surface area contributed by atoms with Crippen LogP contribution in [0.5, 0.6) is 0 Å². The van der Waals surface area contributed by atoms with Crippen LogP contribution in [-0.4, -0.2) is 17.2 Å². The molecule has 0 aliphatic rings. The Morgan fingerprint density at radius 3 is 1.69 bits per heavy atom. The predicted molar refractivity (Wildman–Crippen MR) is 143 cm³/mol. The summed E-state index contributed by atoms with van der Waals surface area (Å²) >= 11 is 0. The van der Waals surface area contributed by atoms with Gasteiger partial charge in [-0.25, -0.2) is 0 Å². The lowest BCUT2D eigenvalue weighted by molar-refractivity contribution is -0.137. The highest BCUT2D eigenvalue weighted by Crippen LogP contribution is 2.41. The lowest BCUT2D eigenvalue weighted by Crippen LogP contribution is -2.06. The molecular weight excluding hydrogens is 479 g/mol. The maximum atomic E-state index is 10.9. The zero-order valence-corrected chi connectivity index (χ0v) is 20.4. The first-order valence-electron chi connectivity index (χ1n) is 10.5. The van der Waals surface area contributed by atoms with E-state index in [0.717, 1.165) is 6.16 Å². The number of aliphatic carboxylic acids is 1. The first kappa shape index (κ1) is 23.9. The lowest BCUT2D eigenvalue weighted by atomic mass is 9.87. The van der Waals surface area contributed by atoms with Gasteiger partial charge >= 0.3 is 5.97 Å². The van der Waals surface area contributed by atoms with Crippen LogP contribution in [0.15, 0.2) is 103 Å². The van der Waals surface area contributed by atoms with E-state index in [1.54, 1.807) is 0 Å². The molecular formula is C28H26BrO2P. The molecule has 0 spiro atoms. The number of carboxylic acids is 1. The molecule has 4 rings (SSSR count). The van der Waals surface area contributed by atoms with Crippen molar-refractivity contribution in [2.75, 3.05) is 6.16 Å². The molecule has 0 aliphatic heterocycles. The molecule has 0 fully saturated rings. The van der Waals surface area contributed by atoms with E-state index in [9.17, 15) is 4.79 Å². The minimum absolute atomic E-state index is 0. The molecule has 1 atom stereocenters. The summed E-state index contributed by atoms with van der Waals surface area (Å²) in [5.74, 6) is -0.725. The summed E-state index contributed by atoms with van der Waals surface area (Å²) in [5, 5.41) is 10.3. The quantitative estimate of drug-likeness (QED) is 0.200. The fraction of sp³-hybridized carbons (Fsp3) is 0.107. The van der Waals surface area contributed by atoms with Gasteiger partial charge in [0.15, 0.2) is 0 Å². The highest BCUT2D eigenvalue weighted by molar-refractivity contribution is 8.93. The van der Waals surface area contributed by atoms with E-state index in [0.29, 0.717) is 15.0 Å². The van der Waals surface area contributed by atoms with Crippen molar-refractivity contribution in [3.8, 4) is 33.4 Å². The van der Waals surface area contributed by atoms with Gasteiger partial charge < -0.3 is 5.11 Å². The van der Waals surface area contributed by atoms with Gasteiger partial charge in [-0.2, -0.15) is 0 Å². The average Bonchev–Trinajstić information content (AvgIpc) is 2.83. The standard InChI is InChI=1S/C28H25O2P.BrH/c29-26(30)17-10-20-31-25-19-18-24(21-11-4-1-5-12-21)27(22-13-6-2-7-14-22)28(25)23-15-8-3-9-16-23;/h1-9,11-16,18-19,31H,10,17,20H2,(H,29,30);1H. The van der Waals surface area contributed by atoms with Crippen LogP contribution in [-0.2, 0) is 4.79 Å². The van der Waals surface area contributed by atoms with Gasteiger partial charge in [0.1, 0.15) is 0 Å². The summed E-state index contributed by atoms with van der Waals surface area (Å²) < 4.78 is 0. The number of halogens is 1. The zero-order valence-electron chi connectivity index (χ0n) is 17.7. The molecule has 0 aliphatic carbocycles. The third kappa shape index (κ3) is 5.73. The largest absolute Gasteiger partial charge is 0.481 e. The molecule has 0 bridgehead atoms. The van der Waals surface area contributed by atoms with Gasteiger partial charge in [-0.15, -0.1) is 17.0 Å². The number of carboxylic acid groups (broad SMARTS) is 1. The molecule has 0 saturated carbocycles. The third-order valence-electron chi connectivity index (χ3n) is 5.30. The van der Waals surface area contributed by atoms with Gasteiger partial charge in [0.2, 0.25) is 0 Å². The van der Waals surface area contributed by atoms with Crippen molar-refractivity contribution in [3.63, 3.8) is 0 Å². The first-order valence-corrected chi connectivity index (χ1v) is 11.7. The molecule has 1 unspecified atom stereocenters. The van der Waals surface area contributed by atoms with Crippen LogP contribution in [0.25, 0.3) is 33.4 Å². The number of rotatable bonds is 8. The lowest BCUT2D eigenvalue weighted by Gasteiger charge is -2.20. The predicted octanol–water partition coefficient (Wildman–Crippen LogP) is 7.43. The van der Waals surface area contributed by atoms with Crippen molar-refractivity contribution in [1.82, 2.24) is 0 Å². The van der Waals surface area contributed by atoms with E-state index >= 15 is 0 Å². The molecule has 4 aromatic carbocycles. The molecule has 1 N–H and O–H groups in total. The maximum Gasteiger partial charge on any atom is 0.303 e. The summed E-state index contributed by atoms with van der Waals surface area (Å²) in [6, 6.07) is 36.1. The minimum Gasteiger partial charge on any atom is -0.481 e. The molecule has 0 saturated heterocycles. The van der Waals surface area contributed by atoms with E-state index in [1.807, 2.05) is 18.2 Å². The summed E-state index contributed by atoms with van der Waals surface area (Å²) in [5.41, 5.74) is 7.28. The maximum absolute atomic E-state index is 10.9. The Bertz CT molecular complexity index is 1150. The van der Waals surface area contributed by atoms with Crippen LogP contribution in [0.4, 0.5) is 0 Å². The van der Waals surface area contributed by atoms with E-state index < -0.39 is 5.97 Å².